The molecule has 2 saturated heterocycles. The Morgan fingerprint density at radius 3 is 2.48 bits per heavy atom. The van der Waals surface area contributed by atoms with Crippen LogP contribution in [0.15, 0.2) is 6.07 Å². The Kier molecular flexibility index (Phi) is 5.09. The summed E-state index contributed by atoms with van der Waals surface area (Å²) in [6.45, 7) is 17.7. The van der Waals surface area contributed by atoms with Gasteiger partial charge in [-0.25, -0.2) is 0 Å². The van der Waals surface area contributed by atoms with Crippen LogP contribution in [-0.4, -0.2) is 72.1 Å². The predicted molar refractivity (Wildman–Crippen MR) is 92.8 cm³/mol. The van der Waals surface area contributed by atoms with Crippen molar-refractivity contribution in [3.63, 3.8) is 0 Å². The molecule has 0 spiro atoms. The molecular weight excluding hydrogens is 288 g/mol. The van der Waals surface area contributed by atoms with Crippen molar-refractivity contribution in [2.24, 2.45) is 5.41 Å². The van der Waals surface area contributed by atoms with Gasteiger partial charge in [-0.15, -0.1) is 0 Å². The van der Waals surface area contributed by atoms with Gasteiger partial charge in [0.05, 0.1) is 24.9 Å². The van der Waals surface area contributed by atoms with Crippen molar-refractivity contribution in [3.05, 3.63) is 17.5 Å². The first-order chi connectivity index (χ1) is 10.9. The van der Waals surface area contributed by atoms with Gasteiger partial charge in [-0.05, 0) is 31.7 Å². The number of morpholine rings is 1. The third kappa shape index (κ3) is 4.34. The Balaban J connectivity index is 1.53. The zero-order valence-electron chi connectivity index (χ0n) is 15.2. The highest BCUT2D eigenvalue weighted by Crippen LogP contribution is 2.27. The van der Waals surface area contributed by atoms with E-state index in [2.05, 4.69) is 53.3 Å². The molecule has 0 radical (unpaired) electrons. The number of hydrogen-bond donors (Lipinski definition) is 0. The Morgan fingerprint density at radius 2 is 1.83 bits per heavy atom. The van der Waals surface area contributed by atoms with Gasteiger partial charge in [-0.3, -0.25) is 9.58 Å². The molecule has 0 N–H and O–H groups in total. The van der Waals surface area contributed by atoms with Crippen LogP contribution in [0.1, 0.15) is 37.7 Å². The van der Waals surface area contributed by atoms with E-state index in [1.807, 2.05) is 0 Å². The fraction of sp³-hybridized carbons (Fsp3) is 0.833. The van der Waals surface area contributed by atoms with Crippen molar-refractivity contribution in [2.75, 3.05) is 52.5 Å². The van der Waals surface area contributed by atoms with E-state index in [0.29, 0.717) is 11.5 Å². The van der Waals surface area contributed by atoms with Crippen LogP contribution in [0, 0.1) is 19.3 Å². The highest BCUT2D eigenvalue weighted by atomic mass is 16.5. The molecule has 130 valence electrons. The maximum Gasteiger partial charge on any atom is 0.0661 e. The molecule has 3 heterocycles. The monoisotopic (exact) mass is 320 g/mol. The number of likely N-dealkylation sites (tertiary alicyclic amines) is 1. The van der Waals surface area contributed by atoms with Crippen LogP contribution in [-0.2, 0) is 4.74 Å². The molecule has 23 heavy (non-hydrogen) atoms. The highest BCUT2D eigenvalue weighted by molar-refractivity contribution is 5.08. The number of ether oxygens (including phenoxy) is 1. The second kappa shape index (κ2) is 6.91. The Hall–Kier alpha value is -0.910. The summed E-state index contributed by atoms with van der Waals surface area (Å²) in [4.78, 5) is 5.18. The molecule has 2 fully saturated rings. The van der Waals surface area contributed by atoms with Gasteiger partial charge in [0, 0.05) is 45.0 Å². The molecule has 1 atom stereocenters. The average Bonchev–Trinajstić information content (AvgIpc) is 3.05. The molecule has 0 aromatic carbocycles. The second-order valence-electron chi connectivity index (χ2n) is 8.10. The molecule has 2 aliphatic heterocycles. The van der Waals surface area contributed by atoms with Gasteiger partial charge in [-0.2, -0.15) is 5.10 Å². The normalized spacial score (nSPS) is 24.4. The van der Waals surface area contributed by atoms with Gasteiger partial charge in [0.15, 0.2) is 0 Å². The van der Waals surface area contributed by atoms with Gasteiger partial charge in [0.1, 0.15) is 0 Å². The molecule has 0 aliphatic carbocycles. The van der Waals surface area contributed by atoms with Crippen LogP contribution in [0.5, 0.6) is 0 Å². The molecular formula is C18H32N4O. The highest BCUT2D eigenvalue weighted by Gasteiger charge is 2.31. The lowest BCUT2D eigenvalue weighted by molar-refractivity contribution is 0.0162. The van der Waals surface area contributed by atoms with Crippen LogP contribution >= 0.6 is 0 Å². The van der Waals surface area contributed by atoms with E-state index in [1.165, 1.54) is 25.2 Å². The second-order valence-corrected chi connectivity index (χ2v) is 8.10. The molecule has 0 saturated carbocycles. The fourth-order valence-corrected chi connectivity index (χ4v) is 4.19. The Labute approximate surface area is 140 Å². The smallest absolute Gasteiger partial charge is 0.0661 e. The summed E-state index contributed by atoms with van der Waals surface area (Å²) in [6.07, 6.45) is 1.22. The van der Waals surface area contributed by atoms with Crippen molar-refractivity contribution < 1.29 is 4.74 Å². The molecule has 2 aliphatic rings. The van der Waals surface area contributed by atoms with Gasteiger partial charge in [-0.1, -0.05) is 13.8 Å². The lowest BCUT2D eigenvalue weighted by atomic mass is 9.92. The lowest BCUT2D eigenvalue weighted by Gasteiger charge is -2.37. The van der Waals surface area contributed by atoms with Gasteiger partial charge >= 0.3 is 0 Å². The van der Waals surface area contributed by atoms with Gasteiger partial charge in [0.25, 0.3) is 0 Å². The largest absolute Gasteiger partial charge is 0.379 e. The van der Waals surface area contributed by atoms with E-state index < -0.39 is 0 Å². The SMILES string of the molecule is Cc1cc(C)n(C2CCN(CC(C)(C)CN3CCOCC3)C2)n1. The Bertz CT molecular complexity index is 519. The maximum atomic E-state index is 5.46. The molecule has 5 heteroatoms. The van der Waals surface area contributed by atoms with Crippen LogP contribution in [0.3, 0.4) is 0 Å². The lowest BCUT2D eigenvalue weighted by Crippen LogP contribution is -2.45. The zero-order chi connectivity index (χ0) is 16.4. The van der Waals surface area contributed by atoms with E-state index in [-0.39, 0.29) is 0 Å². The van der Waals surface area contributed by atoms with Crippen LogP contribution in [0.4, 0.5) is 0 Å². The van der Waals surface area contributed by atoms with Crippen molar-refractivity contribution in [1.29, 1.82) is 0 Å². The fourth-order valence-electron chi connectivity index (χ4n) is 4.19. The minimum Gasteiger partial charge on any atom is -0.379 e. The summed E-state index contributed by atoms with van der Waals surface area (Å²) in [7, 11) is 0. The minimum atomic E-state index is 0.321. The first kappa shape index (κ1) is 16.9. The third-order valence-electron chi connectivity index (χ3n) is 5.04. The summed E-state index contributed by atoms with van der Waals surface area (Å²) in [5.41, 5.74) is 2.75. The first-order valence-corrected chi connectivity index (χ1v) is 8.98. The third-order valence-corrected chi connectivity index (χ3v) is 5.04. The molecule has 1 aromatic heterocycles. The zero-order valence-corrected chi connectivity index (χ0v) is 15.2. The average molecular weight is 320 g/mol. The minimum absolute atomic E-state index is 0.321. The van der Waals surface area contributed by atoms with E-state index in [0.717, 1.165) is 45.1 Å². The van der Waals surface area contributed by atoms with E-state index in [1.54, 1.807) is 0 Å². The van der Waals surface area contributed by atoms with Crippen LogP contribution < -0.4 is 0 Å². The van der Waals surface area contributed by atoms with E-state index in [9.17, 15) is 0 Å². The molecule has 0 bridgehead atoms. The molecule has 3 rings (SSSR count). The molecule has 1 unspecified atom stereocenters. The molecule has 0 amide bonds. The van der Waals surface area contributed by atoms with Gasteiger partial charge in [0.2, 0.25) is 0 Å². The van der Waals surface area contributed by atoms with E-state index in [4.69, 9.17) is 4.74 Å². The predicted octanol–water partition coefficient (Wildman–Crippen LogP) is 2.11. The number of hydrogen-bond acceptors (Lipinski definition) is 4. The van der Waals surface area contributed by atoms with Gasteiger partial charge < -0.3 is 9.64 Å². The maximum absolute atomic E-state index is 5.46. The number of rotatable bonds is 5. The van der Waals surface area contributed by atoms with Crippen LogP contribution in [0.2, 0.25) is 0 Å². The summed E-state index contributed by atoms with van der Waals surface area (Å²) in [6, 6.07) is 2.73. The number of nitrogens with zero attached hydrogens (tertiary/aromatic N) is 4. The number of aryl methyl sites for hydroxylation is 2. The molecule has 1 aromatic rings. The summed E-state index contributed by atoms with van der Waals surface area (Å²) in [5, 5.41) is 4.68. The van der Waals surface area contributed by atoms with E-state index >= 15 is 0 Å². The Morgan fingerprint density at radius 1 is 1.13 bits per heavy atom. The summed E-state index contributed by atoms with van der Waals surface area (Å²) >= 11 is 0. The summed E-state index contributed by atoms with van der Waals surface area (Å²) < 4.78 is 7.70. The van der Waals surface area contributed by atoms with Crippen molar-refractivity contribution in [1.82, 2.24) is 19.6 Å². The van der Waals surface area contributed by atoms with Crippen LogP contribution in [0.25, 0.3) is 0 Å². The first-order valence-electron chi connectivity index (χ1n) is 8.98. The van der Waals surface area contributed by atoms with Crippen molar-refractivity contribution >= 4 is 0 Å². The standard InChI is InChI=1S/C18H32N4O/c1-15-11-16(2)22(19-15)17-5-6-21(12-17)14-18(3,4)13-20-7-9-23-10-8-20/h11,17H,5-10,12-14H2,1-4H3. The topological polar surface area (TPSA) is 33.5 Å². The number of aromatic nitrogens is 2. The van der Waals surface area contributed by atoms with Crippen molar-refractivity contribution in [2.45, 2.75) is 40.2 Å². The van der Waals surface area contributed by atoms with Crippen molar-refractivity contribution in [3.8, 4) is 0 Å². The quantitative estimate of drug-likeness (QED) is 0.832. The molecule has 5 nitrogen and oxygen atoms in total. The summed E-state index contributed by atoms with van der Waals surface area (Å²) in [5.74, 6) is 0.